The Morgan fingerprint density at radius 3 is 2.67 bits per heavy atom. The molecule has 0 aromatic carbocycles. The van der Waals surface area contributed by atoms with Gasteiger partial charge in [0.05, 0.1) is 30.7 Å². The van der Waals surface area contributed by atoms with Gasteiger partial charge in [-0.1, -0.05) is 0 Å². The number of carboxylic acid groups (broad SMARTS) is 1. The molecule has 1 amide bonds. The number of nitrogens with one attached hydrogen (secondary N) is 2. The highest BCUT2D eigenvalue weighted by molar-refractivity contribution is 5.71. The minimum Gasteiger partial charge on any atom is -0.481 e. The molecule has 0 bridgehead atoms. The number of imidazole rings is 1. The van der Waals surface area contributed by atoms with Gasteiger partial charge in [0.2, 0.25) is 0 Å². The maximum absolute atomic E-state index is 11.6. The zero-order valence-electron chi connectivity index (χ0n) is 10.6. The minimum atomic E-state index is -1.02. The lowest BCUT2D eigenvalue weighted by Crippen LogP contribution is -2.35. The van der Waals surface area contributed by atoms with E-state index in [9.17, 15) is 9.59 Å². The molecule has 1 heterocycles. The van der Waals surface area contributed by atoms with Gasteiger partial charge in [-0.05, 0) is 20.8 Å². The van der Waals surface area contributed by atoms with Gasteiger partial charge in [0, 0.05) is 0 Å². The number of aromatic amines is 1. The lowest BCUT2D eigenvalue weighted by molar-refractivity contribution is -0.137. The van der Waals surface area contributed by atoms with Crippen LogP contribution in [0.5, 0.6) is 0 Å². The molecule has 0 saturated heterocycles. The Kier molecular flexibility index (Phi) is 4.30. The standard InChI is InChI=1S/C11H17N3O4/c1-11(2,3)18-10(17)14-7(4-9(15)16)8-5-12-6-13-8/h5-7H,4H2,1-3H3,(H,12,13)(H,14,17)(H,15,16)/t7-/m1/s1. The summed E-state index contributed by atoms with van der Waals surface area (Å²) < 4.78 is 5.07. The van der Waals surface area contributed by atoms with E-state index in [-0.39, 0.29) is 6.42 Å². The number of aliphatic carboxylic acids is 1. The van der Waals surface area contributed by atoms with Crippen LogP contribution < -0.4 is 5.32 Å². The van der Waals surface area contributed by atoms with Gasteiger partial charge in [0.1, 0.15) is 5.60 Å². The summed E-state index contributed by atoms with van der Waals surface area (Å²) in [7, 11) is 0. The van der Waals surface area contributed by atoms with E-state index in [0.717, 1.165) is 0 Å². The van der Waals surface area contributed by atoms with Gasteiger partial charge in [-0.25, -0.2) is 9.78 Å². The van der Waals surface area contributed by atoms with E-state index >= 15 is 0 Å². The highest BCUT2D eigenvalue weighted by Crippen LogP contribution is 2.15. The first-order valence-corrected chi connectivity index (χ1v) is 5.47. The van der Waals surface area contributed by atoms with Crippen LogP contribution in [0.1, 0.15) is 38.9 Å². The van der Waals surface area contributed by atoms with Crippen molar-refractivity contribution in [1.82, 2.24) is 15.3 Å². The van der Waals surface area contributed by atoms with E-state index in [1.54, 1.807) is 20.8 Å². The number of carbonyl (C=O) groups is 2. The monoisotopic (exact) mass is 255 g/mol. The lowest BCUT2D eigenvalue weighted by atomic mass is 10.1. The summed E-state index contributed by atoms with van der Waals surface area (Å²) in [4.78, 5) is 28.9. The molecule has 0 fully saturated rings. The van der Waals surface area contributed by atoms with Gasteiger partial charge in [-0.15, -0.1) is 0 Å². The van der Waals surface area contributed by atoms with Crippen molar-refractivity contribution in [3.05, 3.63) is 18.2 Å². The van der Waals surface area contributed by atoms with E-state index in [0.29, 0.717) is 5.69 Å². The first-order chi connectivity index (χ1) is 8.28. The molecule has 7 heteroatoms. The SMILES string of the molecule is CC(C)(C)OC(=O)N[C@H](CC(=O)O)c1cnc[nH]1. The second kappa shape index (κ2) is 5.52. The molecule has 0 aliphatic heterocycles. The quantitative estimate of drug-likeness (QED) is 0.755. The third kappa shape index (κ3) is 4.86. The molecule has 1 rings (SSSR count). The highest BCUT2D eigenvalue weighted by Gasteiger charge is 2.23. The summed E-state index contributed by atoms with van der Waals surface area (Å²) in [6.45, 7) is 5.19. The number of alkyl carbamates (subject to hydrolysis) is 1. The van der Waals surface area contributed by atoms with Gasteiger partial charge in [-0.2, -0.15) is 0 Å². The molecule has 3 N–H and O–H groups in total. The maximum atomic E-state index is 11.6. The molecule has 100 valence electrons. The molecule has 0 spiro atoms. The Hall–Kier alpha value is -2.05. The second-order valence-electron chi connectivity index (χ2n) is 4.80. The van der Waals surface area contributed by atoms with E-state index in [1.165, 1.54) is 12.5 Å². The summed E-state index contributed by atoms with van der Waals surface area (Å²) in [5.74, 6) is -1.02. The molecule has 7 nitrogen and oxygen atoms in total. The van der Waals surface area contributed by atoms with Crippen LogP contribution in [0.4, 0.5) is 4.79 Å². The zero-order valence-corrected chi connectivity index (χ0v) is 10.6. The first-order valence-electron chi connectivity index (χ1n) is 5.47. The molecule has 0 unspecified atom stereocenters. The molecular weight excluding hydrogens is 238 g/mol. The predicted octanol–water partition coefficient (Wildman–Crippen LogP) is 1.45. The Bertz CT molecular complexity index is 408. The Balaban J connectivity index is 2.68. The van der Waals surface area contributed by atoms with Crippen molar-refractivity contribution >= 4 is 12.1 Å². The summed E-state index contributed by atoms with van der Waals surface area (Å²) in [5, 5.41) is 11.3. The van der Waals surface area contributed by atoms with Crippen LogP contribution in [0.15, 0.2) is 12.5 Å². The predicted molar refractivity (Wildman–Crippen MR) is 63.0 cm³/mol. The van der Waals surface area contributed by atoms with Gasteiger partial charge in [0.15, 0.2) is 0 Å². The normalized spacial score (nSPS) is 12.8. The fourth-order valence-corrected chi connectivity index (χ4v) is 1.32. The Morgan fingerprint density at radius 2 is 2.22 bits per heavy atom. The number of ether oxygens (including phenoxy) is 1. The molecular formula is C11H17N3O4. The number of aromatic nitrogens is 2. The number of amides is 1. The molecule has 0 aliphatic carbocycles. The molecule has 1 aromatic heterocycles. The largest absolute Gasteiger partial charge is 0.481 e. The van der Waals surface area contributed by atoms with Gasteiger partial charge < -0.3 is 20.1 Å². The fraction of sp³-hybridized carbons (Fsp3) is 0.545. The average Bonchev–Trinajstić information content (AvgIpc) is 2.64. The van der Waals surface area contributed by atoms with Crippen LogP contribution in [0.2, 0.25) is 0 Å². The Labute approximate surface area is 105 Å². The molecule has 0 radical (unpaired) electrons. The lowest BCUT2D eigenvalue weighted by Gasteiger charge is -2.22. The van der Waals surface area contributed by atoms with Gasteiger partial charge >= 0.3 is 12.1 Å². The maximum Gasteiger partial charge on any atom is 0.408 e. The summed E-state index contributed by atoms with van der Waals surface area (Å²) in [5.41, 5.74) is -0.116. The number of rotatable bonds is 4. The van der Waals surface area contributed by atoms with Crippen LogP contribution >= 0.6 is 0 Å². The third-order valence-corrected chi connectivity index (χ3v) is 1.96. The molecule has 1 aromatic rings. The van der Waals surface area contributed by atoms with Crippen LogP contribution in [-0.2, 0) is 9.53 Å². The van der Waals surface area contributed by atoms with Gasteiger partial charge in [-0.3, -0.25) is 4.79 Å². The molecule has 1 atom stereocenters. The summed E-state index contributed by atoms with van der Waals surface area (Å²) >= 11 is 0. The number of nitrogens with zero attached hydrogens (tertiary/aromatic N) is 1. The van der Waals surface area contributed by atoms with Crippen molar-refractivity contribution in [3.63, 3.8) is 0 Å². The van der Waals surface area contributed by atoms with Gasteiger partial charge in [0.25, 0.3) is 0 Å². The zero-order chi connectivity index (χ0) is 13.8. The number of carbonyl (C=O) groups excluding carboxylic acids is 1. The van der Waals surface area contributed by atoms with Crippen molar-refractivity contribution in [2.75, 3.05) is 0 Å². The Morgan fingerprint density at radius 1 is 1.56 bits per heavy atom. The van der Waals surface area contributed by atoms with Crippen LogP contribution in [0.3, 0.4) is 0 Å². The second-order valence-corrected chi connectivity index (χ2v) is 4.80. The molecule has 18 heavy (non-hydrogen) atoms. The van der Waals surface area contributed by atoms with Crippen LogP contribution in [-0.4, -0.2) is 32.7 Å². The number of carboxylic acids is 1. The van der Waals surface area contributed by atoms with Crippen molar-refractivity contribution in [1.29, 1.82) is 0 Å². The third-order valence-electron chi connectivity index (χ3n) is 1.96. The van der Waals surface area contributed by atoms with E-state index in [1.807, 2.05) is 0 Å². The van der Waals surface area contributed by atoms with Crippen LogP contribution in [0.25, 0.3) is 0 Å². The van der Waals surface area contributed by atoms with Crippen molar-refractivity contribution in [2.24, 2.45) is 0 Å². The molecule has 0 saturated carbocycles. The van der Waals surface area contributed by atoms with Crippen LogP contribution in [0, 0.1) is 0 Å². The summed E-state index contributed by atoms with van der Waals surface area (Å²) in [6.07, 6.45) is 1.97. The summed E-state index contributed by atoms with van der Waals surface area (Å²) in [6, 6.07) is -0.695. The highest BCUT2D eigenvalue weighted by atomic mass is 16.6. The topological polar surface area (TPSA) is 104 Å². The average molecular weight is 255 g/mol. The van der Waals surface area contributed by atoms with Crippen molar-refractivity contribution < 1.29 is 19.4 Å². The smallest absolute Gasteiger partial charge is 0.408 e. The van der Waals surface area contributed by atoms with Crippen molar-refractivity contribution in [3.8, 4) is 0 Å². The fourth-order valence-electron chi connectivity index (χ4n) is 1.32. The first kappa shape index (κ1) is 14.0. The van der Waals surface area contributed by atoms with E-state index in [2.05, 4.69) is 15.3 Å². The van der Waals surface area contributed by atoms with E-state index < -0.39 is 23.7 Å². The molecule has 0 aliphatic rings. The minimum absolute atomic E-state index is 0.249. The number of hydrogen-bond acceptors (Lipinski definition) is 4. The number of H-pyrrole nitrogens is 1. The number of hydrogen-bond donors (Lipinski definition) is 3. The van der Waals surface area contributed by atoms with Crippen molar-refractivity contribution in [2.45, 2.75) is 38.8 Å². The van der Waals surface area contributed by atoms with E-state index in [4.69, 9.17) is 9.84 Å².